The molecule has 2 aromatic heterocycles. The van der Waals surface area contributed by atoms with Crippen LogP contribution in [0.3, 0.4) is 0 Å². The van der Waals surface area contributed by atoms with Crippen molar-refractivity contribution in [2.75, 3.05) is 17.7 Å². The number of carbonyl (C=O) groups excluding carboxylic acids is 3. The highest BCUT2D eigenvalue weighted by Crippen LogP contribution is 2.39. The van der Waals surface area contributed by atoms with E-state index in [4.69, 9.17) is 5.73 Å². The predicted octanol–water partition coefficient (Wildman–Crippen LogP) is 3.71. The van der Waals surface area contributed by atoms with Crippen molar-refractivity contribution >= 4 is 40.1 Å². The highest BCUT2D eigenvalue weighted by atomic mass is 32.1. The molecule has 2 amide bonds. The van der Waals surface area contributed by atoms with E-state index in [2.05, 4.69) is 15.6 Å². The Kier molecular flexibility index (Phi) is 7.79. The number of pyridine rings is 1. The number of anilines is 2. The van der Waals surface area contributed by atoms with Crippen molar-refractivity contribution in [1.29, 1.82) is 0 Å². The minimum atomic E-state index is -0.318. The quantitative estimate of drug-likeness (QED) is 0.611. The molecule has 31 heavy (non-hydrogen) atoms. The second-order valence-electron chi connectivity index (χ2n) is 8.11. The van der Waals surface area contributed by atoms with Crippen LogP contribution in [0.2, 0.25) is 0 Å². The first-order chi connectivity index (χ1) is 14.9. The number of rotatable bonds is 5. The Morgan fingerprint density at radius 3 is 2.61 bits per heavy atom. The fourth-order valence-corrected chi connectivity index (χ4v) is 5.55. The summed E-state index contributed by atoms with van der Waals surface area (Å²) in [5.74, 6) is -0.662. The molecule has 0 spiro atoms. The Balaban J connectivity index is 0.000000210. The number of nitrogens with two attached hydrogens (primary N) is 1. The molecule has 2 aliphatic rings. The molecular formula is C23H30N4O3S. The van der Waals surface area contributed by atoms with Crippen LogP contribution in [-0.4, -0.2) is 30.1 Å². The second-order valence-corrected chi connectivity index (χ2v) is 9.21. The Morgan fingerprint density at radius 2 is 1.97 bits per heavy atom. The first-order valence-electron chi connectivity index (χ1n) is 10.7. The van der Waals surface area contributed by atoms with Crippen LogP contribution in [0.4, 0.5) is 10.7 Å². The number of aromatic nitrogens is 1. The van der Waals surface area contributed by atoms with Crippen LogP contribution in [0.25, 0.3) is 0 Å². The molecule has 8 heteroatoms. The summed E-state index contributed by atoms with van der Waals surface area (Å²) >= 11 is 1.70. The smallest absolute Gasteiger partial charge is 0.258 e. The summed E-state index contributed by atoms with van der Waals surface area (Å²) in [5.41, 5.74) is 8.95. The van der Waals surface area contributed by atoms with Gasteiger partial charge in [0.25, 0.3) is 5.91 Å². The van der Waals surface area contributed by atoms with Gasteiger partial charge in [-0.15, -0.1) is 11.3 Å². The third-order valence-corrected chi connectivity index (χ3v) is 7.18. The van der Waals surface area contributed by atoms with Crippen LogP contribution in [0.15, 0.2) is 18.5 Å². The summed E-state index contributed by atoms with van der Waals surface area (Å²) in [6, 6.07) is 1.93. The lowest BCUT2D eigenvalue weighted by Gasteiger charge is -2.24. The van der Waals surface area contributed by atoms with E-state index in [0.29, 0.717) is 0 Å². The Labute approximate surface area is 186 Å². The zero-order chi connectivity index (χ0) is 22.4. The third-order valence-electron chi connectivity index (χ3n) is 5.87. The normalized spacial score (nSPS) is 19.5. The number of nitrogens with zero attached hydrogens (tertiary/aromatic N) is 1. The molecule has 2 heterocycles. The standard InChI is InChI=1S/C15H17N3OS.C8H13NO2/c1-9-6-10(8-17-7-9)18-14(19)13-11-4-3-5-12(11)20-15(13)16-2;9-8(11)7-4-2-1-3-6(7)5-10/h6-8,16H,3-5H2,1-2H3,(H,18,19);5-7H,1-4H2,(H2,9,11). The minimum absolute atomic E-state index is 0.0406. The Bertz CT molecular complexity index is 956. The molecule has 4 rings (SSSR count). The monoisotopic (exact) mass is 442 g/mol. The number of carbonyl (C=O) groups is 3. The van der Waals surface area contributed by atoms with Gasteiger partial charge in [0.05, 0.1) is 17.4 Å². The zero-order valence-corrected chi connectivity index (χ0v) is 18.9. The number of hydrogen-bond acceptors (Lipinski definition) is 6. The van der Waals surface area contributed by atoms with Gasteiger partial charge in [0.2, 0.25) is 5.91 Å². The number of fused-ring (bicyclic) bond motifs is 1. The van der Waals surface area contributed by atoms with Crippen LogP contribution in [0.5, 0.6) is 0 Å². The van der Waals surface area contributed by atoms with E-state index in [1.54, 1.807) is 23.7 Å². The molecule has 2 aliphatic carbocycles. The fourth-order valence-electron chi connectivity index (χ4n) is 4.31. The molecule has 0 radical (unpaired) electrons. The molecule has 0 saturated heterocycles. The lowest BCUT2D eigenvalue weighted by atomic mass is 9.80. The maximum Gasteiger partial charge on any atom is 0.258 e. The average molecular weight is 443 g/mol. The Hall–Kier alpha value is -2.74. The summed E-state index contributed by atoms with van der Waals surface area (Å²) in [5, 5.41) is 7.07. The highest BCUT2D eigenvalue weighted by Gasteiger charge is 2.28. The van der Waals surface area contributed by atoms with Crippen LogP contribution >= 0.6 is 11.3 Å². The van der Waals surface area contributed by atoms with Gasteiger partial charge in [0, 0.05) is 30.0 Å². The van der Waals surface area contributed by atoms with Gasteiger partial charge >= 0.3 is 0 Å². The summed E-state index contributed by atoms with van der Waals surface area (Å²) < 4.78 is 0. The molecule has 4 N–H and O–H groups in total. The van der Waals surface area contributed by atoms with E-state index in [-0.39, 0.29) is 23.7 Å². The number of hydrogen-bond donors (Lipinski definition) is 3. The topological polar surface area (TPSA) is 114 Å². The van der Waals surface area contributed by atoms with Crippen molar-refractivity contribution in [3.05, 3.63) is 40.0 Å². The summed E-state index contributed by atoms with van der Waals surface area (Å²) in [4.78, 5) is 39.3. The van der Waals surface area contributed by atoms with Gasteiger partial charge in [-0.3, -0.25) is 14.6 Å². The highest BCUT2D eigenvalue weighted by molar-refractivity contribution is 7.16. The van der Waals surface area contributed by atoms with E-state index in [0.717, 1.165) is 73.0 Å². The minimum Gasteiger partial charge on any atom is -0.379 e. The predicted molar refractivity (Wildman–Crippen MR) is 124 cm³/mol. The van der Waals surface area contributed by atoms with Crippen molar-refractivity contribution in [1.82, 2.24) is 4.98 Å². The summed E-state index contributed by atoms with van der Waals surface area (Å²) in [6.45, 7) is 1.96. The van der Waals surface area contributed by atoms with Crippen LogP contribution in [-0.2, 0) is 22.4 Å². The van der Waals surface area contributed by atoms with Crippen molar-refractivity contribution in [2.24, 2.45) is 17.6 Å². The van der Waals surface area contributed by atoms with Gasteiger partial charge in [0.1, 0.15) is 11.3 Å². The Morgan fingerprint density at radius 1 is 1.19 bits per heavy atom. The molecular weight excluding hydrogens is 412 g/mol. The fraction of sp³-hybridized carbons (Fsp3) is 0.478. The van der Waals surface area contributed by atoms with Crippen molar-refractivity contribution in [3.63, 3.8) is 0 Å². The van der Waals surface area contributed by atoms with E-state index in [1.807, 2.05) is 20.0 Å². The van der Waals surface area contributed by atoms with Gasteiger partial charge in [-0.1, -0.05) is 12.8 Å². The van der Waals surface area contributed by atoms with Gasteiger partial charge < -0.3 is 21.2 Å². The van der Waals surface area contributed by atoms with E-state index >= 15 is 0 Å². The summed E-state index contributed by atoms with van der Waals surface area (Å²) in [7, 11) is 1.87. The molecule has 0 bridgehead atoms. The van der Waals surface area contributed by atoms with Crippen LogP contribution < -0.4 is 16.4 Å². The lowest BCUT2D eigenvalue weighted by Crippen LogP contribution is -2.33. The van der Waals surface area contributed by atoms with Crippen molar-refractivity contribution < 1.29 is 14.4 Å². The number of aldehydes is 1. The third kappa shape index (κ3) is 5.50. The van der Waals surface area contributed by atoms with Crippen LogP contribution in [0.1, 0.15) is 58.5 Å². The molecule has 2 atom stereocenters. The van der Waals surface area contributed by atoms with E-state index < -0.39 is 0 Å². The lowest BCUT2D eigenvalue weighted by molar-refractivity contribution is -0.128. The van der Waals surface area contributed by atoms with Gasteiger partial charge in [-0.2, -0.15) is 0 Å². The first-order valence-corrected chi connectivity index (χ1v) is 11.6. The van der Waals surface area contributed by atoms with Gasteiger partial charge in [-0.25, -0.2) is 0 Å². The molecule has 2 unspecified atom stereocenters. The van der Waals surface area contributed by atoms with Crippen LogP contribution in [0, 0.1) is 18.8 Å². The maximum absolute atomic E-state index is 12.6. The number of aryl methyl sites for hydroxylation is 2. The number of nitrogens with one attached hydrogen (secondary N) is 2. The van der Waals surface area contributed by atoms with E-state index in [9.17, 15) is 14.4 Å². The van der Waals surface area contributed by atoms with Crippen molar-refractivity contribution in [3.8, 4) is 0 Å². The average Bonchev–Trinajstić information content (AvgIpc) is 3.34. The number of primary amides is 1. The van der Waals surface area contributed by atoms with E-state index in [1.165, 1.54) is 10.4 Å². The second kappa shape index (κ2) is 10.5. The largest absolute Gasteiger partial charge is 0.379 e. The molecule has 7 nitrogen and oxygen atoms in total. The SMILES string of the molecule is CNc1sc2c(c1C(=O)Nc1cncc(C)c1)CCC2.NC(=O)C1CCCCC1C=O. The van der Waals surface area contributed by atoms with Gasteiger partial charge in [0.15, 0.2) is 0 Å². The first kappa shape index (κ1) is 22.9. The maximum atomic E-state index is 12.6. The molecule has 1 fully saturated rings. The molecule has 0 aromatic carbocycles. The molecule has 0 aliphatic heterocycles. The number of amides is 2. The number of thiophene rings is 1. The zero-order valence-electron chi connectivity index (χ0n) is 18.1. The molecule has 166 valence electrons. The molecule has 1 saturated carbocycles. The van der Waals surface area contributed by atoms with Crippen molar-refractivity contribution in [2.45, 2.75) is 51.9 Å². The summed E-state index contributed by atoms with van der Waals surface area (Å²) in [6.07, 6.45) is 11.3. The molecule has 2 aromatic rings. The van der Waals surface area contributed by atoms with Gasteiger partial charge in [-0.05, 0) is 56.2 Å².